The Balaban J connectivity index is 1.70. The van der Waals surface area contributed by atoms with E-state index in [1.807, 2.05) is 35.0 Å². The van der Waals surface area contributed by atoms with Crippen molar-refractivity contribution in [2.24, 2.45) is 0 Å². The first-order chi connectivity index (χ1) is 13.7. The number of nitrogens with zero attached hydrogens (tertiary/aromatic N) is 3. The zero-order chi connectivity index (χ0) is 19.1. The van der Waals surface area contributed by atoms with Gasteiger partial charge in [-0.1, -0.05) is 29.8 Å². The molecule has 28 heavy (non-hydrogen) atoms. The maximum Gasteiger partial charge on any atom is 0.139 e. The number of para-hydroxylation sites is 2. The Kier molecular flexibility index (Phi) is 3.79. The minimum atomic E-state index is -0.268. The lowest BCUT2D eigenvalue weighted by molar-refractivity contribution is 0.627. The molecule has 0 aliphatic heterocycles. The number of hydrogen-bond donors (Lipinski definition) is 1. The molecule has 2 aromatic heterocycles. The molecule has 0 saturated carbocycles. The number of rotatable bonds is 3. The number of benzene rings is 3. The smallest absolute Gasteiger partial charge is 0.139 e. The van der Waals surface area contributed by atoms with Crippen LogP contribution in [-0.4, -0.2) is 19.7 Å². The molecule has 0 saturated heterocycles. The van der Waals surface area contributed by atoms with E-state index in [0.717, 1.165) is 44.9 Å². The summed E-state index contributed by atoms with van der Waals surface area (Å²) >= 11 is 0. The molecule has 3 aromatic carbocycles. The number of halogens is 1. The van der Waals surface area contributed by atoms with Crippen LogP contribution in [0, 0.1) is 12.7 Å². The van der Waals surface area contributed by atoms with Gasteiger partial charge >= 0.3 is 0 Å². The summed E-state index contributed by atoms with van der Waals surface area (Å²) in [6.45, 7) is 2.06. The molecular formula is C23H17FN4. The summed E-state index contributed by atoms with van der Waals surface area (Å²) in [6, 6.07) is 22.5. The molecule has 136 valence electrons. The third kappa shape index (κ3) is 2.77. The average Bonchev–Trinajstić information content (AvgIpc) is 3.35. The maximum absolute atomic E-state index is 13.3. The average molecular weight is 368 g/mol. The zero-order valence-corrected chi connectivity index (χ0v) is 15.2. The molecule has 0 bridgehead atoms. The van der Waals surface area contributed by atoms with Gasteiger partial charge in [0.1, 0.15) is 11.6 Å². The van der Waals surface area contributed by atoms with Crippen LogP contribution in [0.25, 0.3) is 39.4 Å². The molecule has 0 fully saturated rings. The number of aromatic nitrogens is 4. The van der Waals surface area contributed by atoms with Gasteiger partial charge in [-0.3, -0.25) is 0 Å². The van der Waals surface area contributed by atoms with Crippen molar-refractivity contribution < 1.29 is 4.39 Å². The quantitative estimate of drug-likeness (QED) is 0.455. The minimum Gasteiger partial charge on any atom is -0.338 e. The van der Waals surface area contributed by atoms with Crippen LogP contribution in [0.5, 0.6) is 0 Å². The van der Waals surface area contributed by atoms with E-state index in [4.69, 9.17) is 4.98 Å². The fourth-order valence-electron chi connectivity index (χ4n) is 3.45. The molecule has 5 heteroatoms. The lowest BCUT2D eigenvalue weighted by Crippen LogP contribution is -2.00. The summed E-state index contributed by atoms with van der Waals surface area (Å²) in [5.74, 6) is 0.541. The lowest BCUT2D eigenvalue weighted by atomic mass is 10.0. The normalized spacial score (nSPS) is 11.2. The standard InChI is InChI=1S/C23H17FN4/c1-15-6-11-18(23-26-20-4-2-3-5-21(20)27-23)19(14-15)22-12-13-25-28(22)17-9-7-16(24)8-10-17/h2-14H,1H3,(H,26,27). The highest BCUT2D eigenvalue weighted by Gasteiger charge is 2.16. The van der Waals surface area contributed by atoms with Gasteiger partial charge in [-0.2, -0.15) is 5.10 Å². The van der Waals surface area contributed by atoms with Crippen LogP contribution in [0.3, 0.4) is 0 Å². The van der Waals surface area contributed by atoms with E-state index in [2.05, 4.69) is 35.2 Å². The molecule has 0 radical (unpaired) electrons. The van der Waals surface area contributed by atoms with E-state index < -0.39 is 0 Å². The van der Waals surface area contributed by atoms with Gasteiger partial charge < -0.3 is 4.98 Å². The molecule has 5 aromatic rings. The molecule has 0 amide bonds. The summed E-state index contributed by atoms with van der Waals surface area (Å²) < 4.78 is 15.2. The fourth-order valence-corrected chi connectivity index (χ4v) is 3.45. The zero-order valence-electron chi connectivity index (χ0n) is 15.2. The fraction of sp³-hybridized carbons (Fsp3) is 0.0435. The second-order valence-electron chi connectivity index (χ2n) is 6.76. The van der Waals surface area contributed by atoms with E-state index in [1.165, 1.54) is 12.1 Å². The highest BCUT2D eigenvalue weighted by atomic mass is 19.1. The predicted octanol–water partition coefficient (Wildman–Crippen LogP) is 5.53. The van der Waals surface area contributed by atoms with Crippen LogP contribution in [0.4, 0.5) is 4.39 Å². The van der Waals surface area contributed by atoms with E-state index in [9.17, 15) is 4.39 Å². The number of nitrogens with one attached hydrogen (secondary N) is 1. The van der Waals surface area contributed by atoms with Gasteiger partial charge in [0, 0.05) is 11.1 Å². The van der Waals surface area contributed by atoms with Crippen LogP contribution in [0.2, 0.25) is 0 Å². The maximum atomic E-state index is 13.3. The number of H-pyrrole nitrogens is 1. The van der Waals surface area contributed by atoms with Crippen LogP contribution in [0.15, 0.2) is 79.0 Å². The van der Waals surface area contributed by atoms with E-state index in [0.29, 0.717) is 0 Å². The molecular weight excluding hydrogens is 351 g/mol. The summed E-state index contributed by atoms with van der Waals surface area (Å²) in [7, 11) is 0. The molecule has 5 rings (SSSR count). The van der Waals surface area contributed by atoms with Gasteiger partial charge in [0.15, 0.2) is 0 Å². The third-order valence-electron chi connectivity index (χ3n) is 4.81. The van der Waals surface area contributed by atoms with E-state index >= 15 is 0 Å². The summed E-state index contributed by atoms with van der Waals surface area (Å²) in [5.41, 5.74) is 6.80. The number of hydrogen-bond acceptors (Lipinski definition) is 2. The monoisotopic (exact) mass is 368 g/mol. The highest BCUT2D eigenvalue weighted by molar-refractivity contribution is 5.85. The summed E-state index contributed by atoms with van der Waals surface area (Å²) in [5, 5.41) is 4.46. The Hall–Kier alpha value is -3.73. The molecule has 0 aliphatic carbocycles. The van der Waals surface area contributed by atoms with Gasteiger partial charge in [0.2, 0.25) is 0 Å². The second-order valence-corrected chi connectivity index (χ2v) is 6.76. The van der Waals surface area contributed by atoms with Crippen molar-refractivity contribution in [3.8, 4) is 28.3 Å². The van der Waals surface area contributed by atoms with E-state index in [-0.39, 0.29) is 5.82 Å². The Bertz CT molecular complexity index is 1250. The van der Waals surface area contributed by atoms with Crippen LogP contribution < -0.4 is 0 Å². The second kappa shape index (κ2) is 6.46. The highest BCUT2D eigenvalue weighted by Crippen LogP contribution is 2.33. The first kappa shape index (κ1) is 16.4. The molecule has 0 spiro atoms. The molecule has 0 unspecified atom stereocenters. The molecule has 1 N–H and O–H groups in total. The van der Waals surface area contributed by atoms with Gasteiger partial charge in [0.05, 0.1) is 28.6 Å². The third-order valence-corrected chi connectivity index (χ3v) is 4.81. The first-order valence-electron chi connectivity index (χ1n) is 9.05. The van der Waals surface area contributed by atoms with Gasteiger partial charge in [-0.25, -0.2) is 14.1 Å². The predicted molar refractivity (Wildman–Crippen MR) is 109 cm³/mol. The van der Waals surface area contributed by atoms with Crippen molar-refractivity contribution in [1.29, 1.82) is 0 Å². The number of aromatic amines is 1. The van der Waals surface area contributed by atoms with Crippen molar-refractivity contribution in [2.45, 2.75) is 6.92 Å². The molecule has 4 nitrogen and oxygen atoms in total. The Morgan fingerprint density at radius 1 is 0.893 bits per heavy atom. The van der Waals surface area contributed by atoms with Crippen molar-refractivity contribution in [2.75, 3.05) is 0 Å². The summed E-state index contributed by atoms with van der Waals surface area (Å²) in [6.07, 6.45) is 1.75. The van der Waals surface area contributed by atoms with Crippen LogP contribution >= 0.6 is 0 Å². The topological polar surface area (TPSA) is 46.5 Å². The van der Waals surface area contributed by atoms with Crippen molar-refractivity contribution in [3.05, 3.63) is 90.4 Å². The number of imidazole rings is 1. The van der Waals surface area contributed by atoms with Crippen molar-refractivity contribution >= 4 is 11.0 Å². The molecule has 0 aliphatic rings. The Morgan fingerprint density at radius 2 is 1.71 bits per heavy atom. The van der Waals surface area contributed by atoms with E-state index in [1.54, 1.807) is 18.3 Å². The van der Waals surface area contributed by atoms with Crippen molar-refractivity contribution in [1.82, 2.24) is 19.7 Å². The van der Waals surface area contributed by atoms with Crippen molar-refractivity contribution in [3.63, 3.8) is 0 Å². The first-order valence-corrected chi connectivity index (χ1v) is 9.05. The number of fused-ring (bicyclic) bond motifs is 1. The van der Waals surface area contributed by atoms with Crippen LogP contribution in [0.1, 0.15) is 5.56 Å². The number of aryl methyl sites for hydroxylation is 1. The largest absolute Gasteiger partial charge is 0.338 e. The van der Waals surface area contributed by atoms with Gasteiger partial charge in [-0.15, -0.1) is 0 Å². The van der Waals surface area contributed by atoms with Gasteiger partial charge in [-0.05, 0) is 55.5 Å². The Labute approximate surface area is 161 Å². The minimum absolute atomic E-state index is 0.268. The van der Waals surface area contributed by atoms with Gasteiger partial charge in [0.25, 0.3) is 0 Å². The molecule has 0 atom stereocenters. The lowest BCUT2D eigenvalue weighted by Gasteiger charge is -2.12. The van der Waals surface area contributed by atoms with Crippen LogP contribution in [-0.2, 0) is 0 Å². The Morgan fingerprint density at radius 3 is 2.54 bits per heavy atom. The molecule has 2 heterocycles. The summed E-state index contributed by atoms with van der Waals surface area (Å²) in [4.78, 5) is 8.17. The SMILES string of the molecule is Cc1ccc(-c2nc3ccccc3[nH]2)c(-c2ccnn2-c2ccc(F)cc2)c1.